The quantitative estimate of drug-likeness (QED) is 0.878. The molecule has 0 aliphatic carbocycles. The van der Waals surface area contributed by atoms with Gasteiger partial charge in [0.15, 0.2) is 0 Å². The van der Waals surface area contributed by atoms with Crippen molar-refractivity contribution >= 4 is 29.3 Å². The van der Waals surface area contributed by atoms with Crippen LogP contribution in [0.2, 0.25) is 10.0 Å². The second kappa shape index (κ2) is 6.65. The van der Waals surface area contributed by atoms with Crippen LogP contribution in [0.4, 0.5) is 4.79 Å². The van der Waals surface area contributed by atoms with Crippen LogP contribution in [0, 0.1) is 0 Å². The predicted octanol–water partition coefficient (Wildman–Crippen LogP) is 4.08. The Labute approximate surface area is 141 Å². The maximum Gasteiger partial charge on any atom is 0.410 e. The molecule has 1 aliphatic heterocycles. The van der Waals surface area contributed by atoms with Crippen LogP contribution >= 0.6 is 23.2 Å². The summed E-state index contributed by atoms with van der Waals surface area (Å²) in [6, 6.07) is 5.12. The summed E-state index contributed by atoms with van der Waals surface area (Å²) in [6.45, 7) is 5.90. The summed E-state index contributed by atoms with van der Waals surface area (Å²) in [5.74, 6) is 0.0206. The normalized spacial score (nSPS) is 22.0. The highest BCUT2D eigenvalue weighted by Gasteiger charge is 2.39. The van der Waals surface area contributed by atoms with E-state index < -0.39 is 11.7 Å². The van der Waals surface area contributed by atoms with Crippen molar-refractivity contribution in [2.75, 3.05) is 13.2 Å². The largest absolute Gasteiger partial charge is 0.444 e. The van der Waals surface area contributed by atoms with Crippen LogP contribution in [0.1, 0.15) is 38.7 Å². The van der Waals surface area contributed by atoms with E-state index in [-0.39, 0.29) is 18.6 Å². The minimum absolute atomic E-state index is 0.0206. The topological polar surface area (TPSA) is 49.8 Å². The average Bonchev–Trinajstić information content (AvgIpc) is 2.83. The monoisotopic (exact) mass is 345 g/mol. The van der Waals surface area contributed by atoms with Gasteiger partial charge >= 0.3 is 6.09 Å². The summed E-state index contributed by atoms with van der Waals surface area (Å²) in [6.07, 6.45) is 0.358. The molecule has 1 N–H and O–H groups in total. The Morgan fingerprint density at radius 1 is 1.36 bits per heavy atom. The lowest BCUT2D eigenvalue weighted by atomic mass is 9.92. The molecular weight excluding hydrogens is 325 g/mol. The van der Waals surface area contributed by atoms with E-state index in [1.54, 1.807) is 17.0 Å². The Balaban J connectivity index is 2.18. The van der Waals surface area contributed by atoms with Crippen LogP contribution in [0.5, 0.6) is 0 Å². The van der Waals surface area contributed by atoms with E-state index in [0.29, 0.717) is 16.6 Å². The molecule has 1 aliphatic rings. The average molecular weight is 346 g/mol. The van der Waals surface area contributed by atoms with Crippen molar-refractivity contribution in [2.45, 2.75) is 44.8 Å². The van der Waals surface area contributed by atoms with Crippen LogP contribution in [0.3, 0.4) is 0 Å². The van der Waals surface area contributed by atoms with Gasteiger partial charge in [0.2, 0.25) is 0 Å². The molecule has 0 aromatic heterocycles. The molecule has 0 saturated carbocycles. The Kier molecular flexibility index (Phi) is 5.25. The lowest BCUT2D eigenvalue weighted by Crippen LogP contribution is -2.42. The first kappa shape index (κ1) is 17.4. The maximum absolute atomic E-state index is 12.3. The van der Waals surface area contributed by atoms with Gasteiger partial charge in [-0.1, -0.05) is 29.3 Å². The number of aliphatic hydroxyl groups is 1. The molecule has 0 unspecified atom stereocenters. The number of nitrogens with zero attached hydrogens (tertiary/aromatic N) is 1. The number of carbonyl (C=O) groups is 1. The minimum Gasteiger partial charge on any atom is -0.444 e. The highest BCUT2D eigenvalue weighted by atomic mass is 35.5. The van der Waals surface area contributed by atoms with E-state index >= 15 is 0 Å². The van der Waals surface area contributed by atoms with E-state index in [1.165, 1.54) is 0 Å². The lowest BCUT2D eigenvalue weighted by Gasteiger charge is -2.29. The molecule has 1 amide bonds. The highest BCUT2D eigenvalue weighted by Crippen LogP contribution is 2.36. The summed E-state index contributed by atoms with van der Waals surface area (Å²) < 4.78 is 5.41. The van der Waals surface area contributed by atoms with E-state index in [4.69, 9.17) is 27.9 Å². The van der Waals surface area contributed by atoms with Crippen LogP contribution in [0.25, 0.3) is 0 Å². The van der Waals surface area contributed by atoms with Gasteiger partial charge in [0.05, 0.1) is 22.7 Å². The first-order valence-electron chi connectivity index (χ1n) is 7.28. The second-order valence-electron chi connectivity index (χ2n) is 6.49. The van der Waals surface area contributed by atoms with Crippen LogP contribution < -0.4 is 0 Å². The molecular formula is C16H21Cl2NO3. The van der Waals surface area contributed by atoms with Gasteiger partial charge in [-0.3, -0.25) is 0 Å². The van der Waals surface area contributed by atoms with Gasteiger partial charge in [-0.2, -0.15) is 0 Å². The van der Waals surface area contributed by atoms with Gasteiger partial charge in [-0.05, 0) is 44.9 Å². The Hall–Kier alpha value is -0.970. The maximum atomic E-state index is 12.3. The van der Waals surface area contributed by atoms with Crippen molar-refractivity contribution < 1.29 is 14.6 Å². The third-order valence-corrected chi connectivity index (χ3v) is 4.47. The fraction of sp³-hybridized carbons (Fsp3) is 0.562. The molecule has 6 heteroatoms. The van der Waals surface area contributed by atoms with Crippen LogP contribution in [0.15, 0.2) is 18.2 Å². The molecule has 2 atom stereocenters. The number of halogens is 2. The van der Waals surface area contributed by atoms with Gasteiger partial charge in [0.1, 0.15) is 5.60 Å². The van der Waals surface area contributed by atoms with Crippen molar-refractivity contribution in [3.05, 3.63) is 33.8 Å². The third-order valence-electron chi connectivity index (χ3n) is 3.73. The van der Waals surface area contributed by atoms with Crippen molar-refractivity contribution in [2.24, 2.45) is 0 Å². The SMILES string of the molecule is CC(C)(C)OC(=O)N1CC[C@@H](c2ccc(Cl)c(Cl)c2)[C@H]1CO. The fourth-order valence-electron chi connectivity index (χ4n) is 2.76. The number of hydrogen-bond acceptors (Lipinski definition) is 3. The molecule has 1 heterocycles. The van der Waals surface area contributed by atoms with Crippen molar-refractivity contribution in [3.63, 3.8) is 0 Å². The fourth-order valence-corrected chi connectivity index (χ4v) is 3.06. The number of carbonyl (C=O) groups excluding carboxylic acids is 1. The number of amides is 1. The molecule has 1 aromatic rings. The van der Waals surface area contributed by atoms with Crippen LogP contribution in [-0.4, -0.2) is 40.9 Å². The molecule has 2 rings (SSSR count). The summed E-state index contributed by atoms with van der Waals surface area (Å²) in [5.41, 5.74) is 0.415. The zero-order valence-electron chi connectivity index (χ0n) is 13.0. The number of likely N-dealkylation sites (tertiary alicyclic amines) is 1. The van der Waals surface area contributed by atoms with Gasteiger partial charge in [0, 0.05) is 12.5 Å². The molecule has 0 bridgehead atoms. The molecule has 4 nitrogen and oxygen atoms in total. The smallest absolute Gasteiger partial charge is 0.410 e. The molecule has 1 saturated heterocycles. The van der Waals surface area contributed by atoms with E-state index in [9.17, 15) is 9.90 Å². The molecule has 1 aromatic carbocycles. The second-order valence-corrected chi connectivity index (χ2v) is 7.31. The van der Waals surface area contributed by atoms with Gasteiger partial charge in [-0.15, -0.1) is 0 Å². The molecule has 122 valence electrons. The molecule has 0 radical (unpaired) electrons. The number of rotatable bonds is 2. The Morgan fingerprint density at radius 3 is 2.59 bits per heavy atom. The number of ether oxygens (including phenoxy) is 1. The Bertz CT molecular complexity index is 557. The first-order valence-corrected chi connectivity index (χ1v) is 8.04. The summed E-state index contributed by atoms with van der Waals surface area (Å²) in [4.78, 5) is 13.9. The summed E-state index contributed by atoms with van der Waals surface area (Å²) in [7, 11) is 0. The van der Waals surface area contributed by atoms with E-state index in [0.717, 1.165) is 12.0 Å². The predicted molar refractivity (Wildman–Crippen MR) is 87.6 cm³/mol. The standard InChI is InChI=1S/C16H21Cl2NO3/c1-16(2,3)22-15(21)19-7-6-11(14(19)9-20)10-4-5-12(17)13(18)8-10/h4-5,8,11,14,20H,6-7,9H2,1-3H3/t11-,14+/m0/s1. The zero-order valence-corrected chi connectivity index (χ0v) is 14.5. The zero-order chi connectivity index (χ0) is 16.5. The number of aliphatic hydroxyl groups excluding tert-OH is 1. The first-order chi connectivity index (χ1) is 10.2. The minimum atomic E-state index is -0.557. The number of benzene rings is 1. The highest BCUT2D eigenvalue weighted by molar-refractivity contribution is 6.42. The summed E-state index contributed by atoms with van der Waals surface area (Å²) in [5, 5.41) is 10.7. The molecule has 0 spiro atoms. The van der Waals surface area contributed by atoms with Crippen molar-refractivity contribution in [1.29, 1.82) is 0 Å². The van der Waals surface area contributed by atoms with Gasteiger partial charge in [-0.25, -0.2) is 4.79 Å². The number of hydrogen-bond donors (Lipinski definition) is 1. The van der Waals surface area contributed by atoms with Crippen LogP contribution in [-0.2, 0) is 4.74 Å². The van der Waals surface area contributed by atoms with Crippen molar-refractivity contribution in [1.82, 2.24) is 4.90 Å². The summed E-state index contributed by atoms with van der Waals surface area (Å²) >= 11 is 12.0. The van der Waals surface area contributed by atoms with E-state index in [2.05, 4.69) is 0 Å². The Morgan fingerprint density at radius 2 is 2.05 bits per heavy atom. The lowest BCUT2D eigenvalue weighted by molar-refractivity contribution is 0.0165. The van der Waals surface area contributed by atoms with Gasteiger partial charge < -0.3 is 14.7 Å². The third kappa shape index (κ3) is 3.86. The van der Waals surface area contributed by atoms with E-state index in [1.807, 2.05) is 26.8 Å². The van der Waals surface area contributed by atoms with Crippen molar-refractivity contribution in [3.8, 4) is 0 Å². The molecule has 22 heavy (non-hydrogen) atoms. The van der Waals surface area contributed by atoms with Gasteiger partial charge in [0.25, 0.3) is 0 Å². The molecule has 1 fully saturated rings.